The Morgan fingerprint density at radius 1 is 1.00 bits per heavy atom. The lowest BCUT2D eigenvalue weighted by molar-refractivity contribution is -0.123. The third kappa shape index (κ3) is 6.07. The van der Waals surface area contributed by atoms with Crippen LogP contribution >= 0.6 is 11.3 Å². The SMILES string of the molecule is N#CCc1ccc(OCC(=O)NNC(=O)c2ccccc2NS(=O)(=O)c2cccs2)cc1. The van der Waals surface area contributed by atoms with Crippen molar-refractivity contribution in [3.05, 3.63) is 77.2 Å². The summed E-state index contributed by atoms with van der Waals surface area (Å²) in [5, 5.41) is 10.3. The van der Waals surface area contributed by atoms with Crippen LogP contribution in [0.2, 0.25) is 0 Å². The molecule has 0 aliphatic heterocycles. The number of hydrazine groups is 1. The summed E-state index contributed by atoms with van der Waals surface area (Å²) in [5.74, 6) is -0.888. The summed E-state index contributed by atoms with van der Waals surface area (Å²) in [6, 6.07) is 17.8. The highest BCUT2D eigenvalue weighted by atomic mass is 32.2. The van der Waals surface area contributed by atoms with Gasteiger partial charge in [-0.3, -0.25) is 25.2 Å². The van der Waals surface area contributed by atoms with Crippen molar-refractivity contribution < 1.29 is 22.7 Å². The highest BCUT2D eigenvalue weighted by molar-refractivity contribution is 7.94. The molecule has 0 aliphatic rings. The molecule has 0 saturated heterocycles. The molecule has 0 unspecified atom stereocenters. The molecular weight excluding hydrogens is 452 g/mol. The normalized spacial score (nSPS) is 10.6. The first kappa shape index (κ1) is 22.8. The lowest BCUT2D eigenvalue weighted by Gasteiger charge is -2.13. The van der Waals surface area contributed by atoms with Crippen LogP contribution in [0.1, 0.15) is 15.9 Å². The van der Waals surface area contributed by atoms with Crippen LogP contribution in [0.5, 0.6) is 5.75 Å². The van der Waals surface area contributed by atoms with Crippen LogP contribution in [-0.4, -0.2) is 26.8 Å². The number of sulfonamides is 1. The van der Waals surface area contributed by atoms with Crippen molar-refractivity contribution in [1.82, 2.24) is 10.9 Å². The molecule has 0 aliphatic carbocycles. The van der Waals surface area contributed by atoms with Gasteiger partial charge >= 0.3 is 0 Å². The van der Waals surface area contributed by atoms with Gasteiger partial charge in [0, 0.05) is 0 Å². The second-order valence-electron chi connectivity index (χ2n) is 6.35. The molecular formula is C21H18N4O5S2. The first-order valence-corrected chi connectivity index (χ1v) is 11.6. The number of thiophene rings is 1. The lowest BCUT2D eigenvalue weighted by Crippen LogP contribution is -2.44. The van der Waals surface area contributed by atoms with Crippen molar-refractivity contribution in [3.63, 3.8) is 0 Å². The van der Waals surface area contributed by atoms with Gasteiger partial charge in [-0.05, 0) is 41.3 Å². The van der Waals surface area contributed by atoms with Gasteiger partial charge in [0.25, 0.3) is 21.8 Å². The van der Waals surface area contributed by atoms with E-state index in [1.54, 1.807) is 47.8 Å². The maximum absolute atomic E-state index is 12.5. The number of ether oxygens (including phenoxy) is 1. The third-order valence-electron chi connectivity index (χ3n) is 4.07. The number of nitrogens with zero attached hydrogens (tertiary/aromatic N) is 1. The fourth-order valence-corrected chi connectivity index (χ4v) is 4.63. The maximum atomic E-state index is 12.5. The quantitative estimate of drug-likeness (QED) is 0.433. The second kappa shape index (κ2) is 10.4. The van der Waals surface area contributed by atoms with E-state index in [4.69, 9.17) is 10.00 Å². The van der Waals surface area contributed by atoms with Gasteiger partial charge in [0.15, 0.2) is 6.61 Å². The van der Waals surface area contributed by atoms with Gasteiger partial charge in [0.05, 0.1) is 23.7 Å². The number of nitriles is 1. The zero-order chi connectivity index (χ0) is 23.0. The largest absolute Gasteiger partial charge is 0.484 e. The Hall–Kier alpha value is -3.88. The van der Waals surface area contributed by atoms with Gasteiger partial charge in [0.2, 0.25) is 0 Å². The molecule has 3 N–H and O–H groups in total. The maximum Gasteiger partial charge on any atom is 0.276 e. The van der Waals surface area contributed by atoms with E-state index in [0.29, 0.717) is 5.75 Å². The van der Waals surface area contributed by atoms with E-state index in [0.717, 1.165) is 16.9 Å². The Balaban J connectivity index is 1.56. The van der Waals surface area contributed by atoms with E-state index < -0.39 is 21.8 Å². The van der Waals surface area contributed by atoms with Crippen LogP contribution in [-0.2, 0) is 21.2 Å². The predicted octanol–water partition coefficient (Wildman–Crippen LogP) is 2.45. The number of hydrogen-bond acceptors (Lipinski definition) is 7. The molecule has 2 aromatic carbocycles. The summed E-state index contributed by atoms with van der Waals surface area (Å²) >= 11 is 1.05. The number of para-hydroxylation sites is 1. The summed E-state index contributed by atoms with van der Waals surface area (Å²) in [6.07, 6.45) is 0.276. The number of carbonyl (C=O) groups is 2. The van der Waals surface area contributed by atoms with E-state index in [2.05, 4.69) is 15.6 Å². The Labute approximate surface area is 188 Å². The van der Waals surface area contributed by atoms with Crippen LogP contribution < -0.4 is 20.3 Å². The summed E-state index contributed by atoms with van der Waals surface area (Å²) in [7, 11) is -3.84. The summed E-state index contributed by atoms with van der Waals surface area (Å²) < 4.78 is 32.7. The number of anilines is 1. The molecule has 1 aromatic heterocycles. The molecule has 3 rings (SSSR count). The van der Waals surface area contributed by atoms with Crippen molar-refractivity contribution in [2.45, 2.75) is 10.6 Å². The fourth-order valence-electron chi connectivity index (χ4n) is 2.56. The average molecular weight is 471 g/mol. The van der Waals surface area contributed by atoms with Crippen molar-refractivity contribution in [1.29, 1.82) is 5.26 Å². The van der Waals surface area contributed by atoms with E-state index in [9.17, 15) is 18.0 Å². The lowest BCUT2D eigenvalue weighted by atomic mass is 10.2. The van der Waals surface area contributed by atoms with Gasteiger partial charge in [-0.25, -0.2) is 8.42 Å². The number of rotatable bonds is 8. The van der Waals surface area contributed by atoms with Crippen LogP contribution in [0, 0.1) is 11.3 Å². The number of benzene rings is 2. The van der Waals surface area contributed by atoms with Crippen molar-refractivity contribution in [3.8, 4) is 11.8 Å². The predicted molar refractivity (Wildman–Crippen MR) is 118 cm³/mol. The molecule has 32 heavy (non-hydrogen) atoms. The molecule has 0 atom stereocenters. The highest BCUT2D eigenvalue weighted by Gasteiger charge is 2.19. The molecule has 1 heterocycles. The van der Waals surface area contributed by atoms with Gasteiger partial charge in [-0.2, -0.15) is 5.26 Å². The first-order valence-electron chi connectivity index (χ1n) is 9.22. The van der Waals surface area contributed by atoms with Crippen LogP contribution in [0.3, 0.4) is 0 Å². The Morgan fingerprint density at radius 2 is 1.75 bits per heavy atom. The van der Waals surface area contributed by atoms with E-state index in [1.165, 1.54) is 18.2 Å². The van der Waals surface area contributed by atoms with Gasteiger partial charge in [-0.1, -0.05) is 30.3 Å². The smallest absolute Gasteiger partial charge is 0.276 e. The van der Waals surface area contributed by atoms with E-state index >= 15 is 0 Å². The van der Waals surface area contributed by atoms with Crippen LogP contribution in [0.15, 0.2) is 70.3 Å². The van der Waals surface area contributed by atoms with Crippen LogP contribution in [0.4, 0.5) is 5.69 Å². The third-order valence-corrected chi connectivity index (χ3v) is 6.83. The number of carbonyl (C=O) groups excluding carboxylic acids is 2. The summed E-state index contributed by atoms with van der Waals surface area (Å²) in [4.78, 5) is 24.5. The minimum Gasteiger partial charge on any atom is -0.484 e. The molecule has 9 nitrogen and oxygen atoms in total. The van der Waals surface area contributed by atoms with Gasteiger partial charge < -0.3 is 4.74 Å². The first-order chi connectivity index (χ1) is 15.4. The molecule has 3 aromatic rings. The number of hydrogen-bond donors (Lipinski definition) is 3. The molecule has 2 amide bonds. The molecule has 11 heteroatoms. The average Bonchev–Trinajstić information content (AvgIpc) is 3.33. The zero-order valence-corrected chi connectivity index (χ0v) is 18.2. The Morgan fingerprint density at radius 3 is 2.44 bits per heavy atom. The molecule has 0 bridgehead atoms. The minimum atomic E-state index is -3.84. The number of nitrogens with one attached hydrogen (secondary N) is 3. The number of amides is 2. The molecule has 0 spiro atoms. The Kier molecular flexibility index (Phi) is 7.43. The topological polar surface area (TPSA) is 137 Å². The van der Waals surface area contributed by atoms with E-state index in [1.807, 2.05) is 6.07 Å². The zero-order valence-electron chi connectivity index (χ0n) is 16.6. The van der Waals surface area contributed by atoms with Crippen LogP contribution in [0.25, 0.3) is 0 Å². The fraction of sp³-hybridized carbons (Fsp3) is 0.0952. The van der Waals surface area contributed by atoms with E-state index in [-0.39, 0.29) is 28.5 Å². The molecule has 0 fully saturated rings. The molecule has 0 radical (unpaired) electrons. The summed E-state index contributed by atoms with van der Waals surface area (Å²) in [5.41, 5.74) is 5.38. The monoisotopic (exact) mass is 470 g/mol. The summed E-state index contributed by atoms with van der Waals surface area (Å²) in [6.45, 7) is -0.357. The Bertz CT molecular complexity index is 1230. The van der Waals surface area contributed by atoms with Crippen molar-refractivity contribution in [2.75, 3.05) is 11.3 Å². The minimum absolute atomic E-state index is 0.0296. The van der Waals surface area contributed by atoms with Crippen molar-refractivity contribution in [2.24, 2.45) is 0 Å². The standard InChI is InChI=1S/C21H18N4O5S2/c22-12-11-15-7-9-16(10-8-15)30-14-19(26)23-24-21(27)17-4-1-2-5-18(17)25-32(28,29)20-6-3-13-31-20/h1-10,13,25H,11,14H2,(H,23,26)(H,24,27). The van der Waals surface area contributed by atoms with Gasteiger partial charge in [-0.15, -0.1) is 11.3 Å². The highest BCUT2D eigenvalue weighted by Crippen LogP contribution is 2.22. The van der Waals surface area contributed by atoms with Crippen molar-refractivity contribution >= 4 is 38.9 Å². The van der Waals surface area contributed by atoms with Gasteiger partial charge in [0.1, 0.15) is 9.96 Å². The molecule has 0 saturated carbocycles. The second-order valence-corrected chi connectivity index (χ2v) is 9.21. The molecule has 164 valence electrons.